The second kappa shape index (κ2) is 3.42. The SMILES string of the molecule is NC[C@@H](N)c1ccc(O)c(N)c1. The van der Waals surface area contributed by atoms with Gasteiger partial charge in [0.05, 0.1) is 5.69 Å². The summed E-state index contributed by atoms with van der Waals surface area (Å²) in [5, 5.41) is 9.10. The standard InChI is InChI=1S/C8H13N3O/c9-4-7(11)5-1-2-8(12)6(10)3-5/h1-3,7,12H,4,9-11H2/t7-/m1/s1. The molecule has 0 bridgehead atoms. The fraction of sp³-hybridized carbons (Fsp3) is 0.250. The second-order valence-corrected chi connectivity index (χ2v) is 2.66. The van der Waals surface area contributed by atoms with Crippen LogP contribution in [0.15, 0.2) is 18.2 Å². The van der Waals surface area contributed by atoms with Gasteiger partial charge in [-0.05, 0) is 17.7 Å². The fourth-order valence-electron chi connectivity index (χ4n) is 0.940. The summed E-state index contributed by atoms with van der Waals surface area (Å²) in [5.41, 5.74) is 17.7. The van der Waals surface area contributed by atoms with E-state index in [0.29, 0.717) is 12.2 Å². The number of rotatable bonds is 2. The van der Waals surface area contributed by atoms with Gasteiger partial charge in [0.2, 0.25) is 0 Å². The van der Waals surface area contributed by atoms with E-state index in [1.165, 1.54) is 6.07 Å². The van der Waals surface area contributed by atoms with Crippen LogP contribution in [-0.2, 0) is 0 Å². The number of aromatic hydroxyl groups is 1. The minimum absolute atomic E-state index is 0.0722. The van der Waals surface area contributed by atoms with E-state index in [1.54, 1.807) is 12.1 Å². The van der Waals surface area contributed by atoms with E-state index in [1.807, 2.05) is 0 Å². The molecule has 0 fully saturated rings. The van der Waals surface area contributed by atoms with Crippen LogP contribution in [0.1, 0.15) is 11.6 Å². The highest BCUT2D eigenvalue weighted by molar-refractivity contribution is 5.53. The number of nitrogen functional groups attached to an aromatic ring is 1. The molecular weight excluding hydrogens is 154 g/mol. The van der Waals surface area contributed by atoms with E-state index < -0.39 is 0 Å². The zero-order chi connectivity index (χ0) is 9.14. The quantitative estimate of drug-likeness (QED) is 0.366. The van der Waals surface area contributed by atoms with Gasteiger partial charge in [0.1, 0.15) is 5.75 Å². The molecule has 1 rings (SSSR count). The van der Waals surface area contributed by atoms with Crippen LogP contribution >= 0.6 is 0 Å². The van der Waals surface area contributed by atoms with Gasteiger partial charge >= 0.3 is 0 Å². The van der Waals surface area contributed by atoms with Gasteiger partial charge in [0, 0.05) is 12.6 Å². The first kappa shape index (κ1) is 8.83. The molecule has 0 saturated carbocycles. The summed E-state index contributed by atoms with van der Waals surface area (Å²) in [6.45, 7) is 0.365. The summed E-state index contributed by atoms with van der Waals surface area (Å²) in [6, 6.07) is 4.64. The van der Waals surface area contributed by atoms with Gasteiger partial charge in [-0.15, -0.1) is 0 Å². The molecule has 0 aromatic heterocycles. The van der Waals surface area contributed by atoms with E-state index in [-0.39, 0.29) is 11.8 Å². The number of benzene rings is 1. The van der Waals surface area contributed by atoms with Crippen LogP contribution in [0, 0.1) is 0 Å². The van der Waals surface area contributed by atoms with Crippen molar-refractivity contribution in [2.45, 2.75) is 6.04 Å². The van der Waals surface area contributed by atoms with Crippen molar-refractivity contribution in [3.8, 4) is 5.75 Å². The summed E-state index contributed by atoms with van der Waals surface area (Å²) < 4.78 is 0. The van der Waals surface area contributed by atoms with Crippen molar-refractivity contribution in [3.63, 3.8) is 0 Å². The van der Waals surface area contributed by atoms with Gasteiger partial charge < -0.3 is 22.3 Å². The number of hydrogen-bond donors (Lipinski definition) is 4. The molecule has 7 N–H and O–H groups in total. The van der Waals surface area contributed by atoms with Crippen molar-refractivity contribution in [1.29, 1.82) is 0 Å². The molecule has 0 heterocycles. The topological polar surface area (TPSA) is 98.3 Å². The molecule has 0 amide bonds. The van der Waals surface area contributed by atoms with Crippen molar-refractivity contribution in [2.24, 2.45) is 11.5 Å². The Morgan fingerprint density at radius 2 is 2.08 bits per heavy atom. The Morgan fingerprint density at radius 1 is 1.42 bits per heavy atom. The summed E-state index contributed by atoms with van der Waals surface area (Å²) in [7, 11) is 0. The number of anilines is 1. The van der Waals surface area contributed by atoms with E-state index in [2.05, 4.69) is 0 Å². The molecule has 1 aromatic rings. The Bertz CT molecular complexity index is 275. The zero-order valence-electron chi connectivity index (χ0n) is 6.70. The summed E-state index contributed by atoms with van der Waals surface area (Å²) in [6.07, 6.45) is 0. The molecule has 0 aliphatic heterocycles. The van der Waals surface area contributed by atoms with Crippen molar-refractivity contribution >= 4 is 5.69 Å². The molecular formula is C8H13N3O. The average Bonchev–Trinajstić information content (AvgIpc) is 2.08. The molecule has 4 nitrogen and oxygen atoms in total. The first-order valence-corrected chi connectivity index (χ1v) is 3.69. The molecule has 0 aliphatic carbocycles. The summed E-state index contributed by atoms with van der Waals surface area (Å²) >= 11 is 0. The Morgan fingerprint density at radius 3 is 2.58 bits per heavy atom. The Kier molecular flexibility index (Phi) is 2.52. The predicted octanol–water partition coefficient (Wildman–Crippen LogP) is -0.0671. The third kappa shape index (κ3) is 1.66. The largest absolute Gasteiger partial charge is 0.506 e. The van der Waals surface area contributed by atoms with E-state index >= 15 is 0 Å². The summed E-state index contributed by atoms with van der Waals surface area (Å²) in [5.74, 6) is 0.0722. The highest BCUT2D eigenvalue weighted by Crippen LogP contribution is 2.22. The third-order valence-electron chi connectivity index (χ3n) is 1.73. The molecule has 66 valence electrons. The lowest BCUT2D eigenvalue weighted by Gasteiger charge is -2.09. The van der Waals surface area contributed by atoms with E-state index in [0.717, 1.165) is 5.56 Å². The molecule has 0 radical (unpaired) electrons. The molecule has 12 heavy (non-hydrogen) atoms. The third-order valence-corrected chi connectivity index (χ3v) is 1.73. The Labute approximate surface area is 71.0 Å². The van der Waals surface area contributed by atoms with Gasteiger partial charge in [-0.1, -0.05) is 6.07 Å². The van der Waals surface area contributed by atoms with Crippen molar-refractivity contribution in [1.82, 2.24) is 0 Å². The number of hydrogen-bond acceptors (Lipinski definition) is 4. The Balaban J connectivity index is 2.96. The van der Waals surface area contributed by atoms with Crippen LogP contribution < -0.4 is 17.2 Å². The molecule has 1 atom stereocenters. The van der Waals surface area contributed by atoms with Crippen LogP contribution in [0.25, 0.3) is 0 Å². The number of phenolic OH excluding ortho intramolecular Hbond substituents is 1. The maximum atomic E-state index is 9.10. The second-order valence-electron chi connectivity index (χ2n) is 2.66. The Hall–Kier alpha value is -1.26. The molecule has 0 unspecified atom stereocenters. The van der Waals surface area contributed by atoms with Crippen LogP contribution in [0.4, 0.5) is 5.69 Å². The number of nitrogens with two attached hydrogens (primary N) is 3. The lowest BCUT2D eigenvalue weighted by atomic mass is 10.1. The fourth-order valence-corrected chi connectivity index (χ4v) is 0.940. The first-order chi connectivity index (χ1) is 5.65. The van der Waals surface area contributed by atoms with Crippen molar-refractivity contribution < 1.29 is 5.11 Å². The van der Waals surface area contributed by atoms with Gasteiger partial charge in [0.15, 0.2) is 0 Å². The predicted molar refractivity (Wildman–Crippen MR) is 48.5 cm³/mol. The van der Waals surface area contributed by atoms with Crippen molar-refractivity contribution in [2.75, 3.05) is 12.3 Å². The normalized spacial score (nSPS) is 12.8. The molecule has 4 heteroatoms. The highest BCUT2D eigenvalue weighted by Gasteiger charge is 2.04. The van der Waals surface area contributed by atoms with Crippen LogP contribution in [0.5, 0.6) is 5.75 Å². The minimum Gasteiger partial charge on any atom is -0.506 e. The van der Waals surface area contributed by atoms with E-state index in [4.69, 9.17) is 22.3 Å². The smallest absolute Gasteiger partial charge is 0.138 e. The highest BCUT2D eigenvalue weighted by atomic mass is 16.3. The number of phenols is 1. The monoisotopic (exact) mass is 167 g/mol. The van der Waals surface area contributed by atoms with Crippen molar-refractivity contribution in [3.05, 3.63) is 23.8 Å². The average molecular weight is 167 g/mol. The lowest BCUT2D eigenvalue weighted by Crippen LogP contribution is -2.20. The van der Waals surface area contributed by atoms with Crippen LogP contribution in [-0.4, -0.2) is 11.7 Å². The van der Waals surface area contributed by atoms with E-state index in [9.17, 15) is 0 Å². The molecule has 1 aromatic carbocycles. The van der Waals surface area contributed by atoms with Gasteiger partial charge in [-0.2, -0.15) is 0 Å². The summed E-state index contributed by atoms with van der Waals surface area (Å²) in [4.78, 5) is 0. The zero-order valence-corrected chi connectivity index (χ0v) is 6.70. The maximum absolute atomic E-state index is 9.10. The molecule has 0 aliphatic rings. The molecule has 0 saturated heterocycles. The first-order valence-electron chi connectivity index (χ1n) is 3.69. The maximum Gasteiger partial charge on any atom is 0.138 e. The lowest BCUT2D eigenvalue weighted by molar-refractivity contribution is 0.477. The minimum atomic E-state index is -0.215. The van der Waals surface area contributed by atoms with Gasteiger partial charge in [-0.3, -0.25) is 0 Å². The van der Waals surface area contributed by atoms with Crippen LogP contribution in [0.3, 0.4) is 0 Å². The van der Waals surface area contributed by atoms with Crippen LogP contribution in [0.2, 0.25) is 0 Å². The van der Waals surface area contributed by atoms with Gasteiger partial charge in [-0.25, -0.2) is 0 Å². The van der Waals surface area contributed by atoms with Gasteiger partial charge in [0.25, 0.3) is 0 Å². The molecule has 0 spiro atoms.